The molecular weight excluding hydrogens is 126 g/mol. The third-order valence-electron chi connectivity index (χ3n) is 1.43. The number of aryl methyl sites for hydroxylation is 1. The number of rotatable bonds is 2. The van der Waals surface area contributed by atoms with E-state index in [9.17, 15) is 0 Å². The van der Waals surface area contributed by atoms with Crippen LogP contribution in [0.4, 0.5) is 0 Å². The summed E-state index contributed by atoms with van der Waals surface area (Å²) in [6, 6.07) is 0. The van der Waals surface area contributed by atoms with Crippen molar-refractivity contribution in [2.75, 3.05) is 0 Å². The van der Waals surface area contributed by atoms with Crippen LogP contribution in [-0.2, 0) is 6.54 Å². The standard InChI is InChI=1S/C7H13N3/c1-4-10-8-5-7(9-10)6(2)3/h5-6H,4H2,1-3H3. The predicted octanol–water partition coefficient (Wildman–Crippen LogP) is 1.42. The van der Waals surface area contributed by atoms with Crippen molar-refractivity contribution in [1.82, 2.24) is 15.0 Å². The Hall–Kier alpha value is -0.860. The van der Waals surface area contributed by atoms with Gasteiger partial charge < -0.3 is 0 Å². The molecule has 1 rings (SSSR count). The summed E-state index contributed by atoms with van der Waals surface area (Å²) < 4.78 is 0. The van der Waals surface area contributed by atoms with E-state index < -0.39 is 0 Å². The van der Waals surface area contributed by atoms with Crippen LogP contribution in [0.5, 0.6) is 0 Å². The number of nitrogens with zero attached hydrogens (tertiary/aromatic N) is 3. The van der Waals surface area contributed by atoms with Crippen LogP contribution in [0.15, 0.2) is 6.20 Å². The fourth-order valence-corrected chi connectivity index (χ4v) is 0.728. The molecule has 0 fully saturated rings. The van der Waals surface area contributed by atoms with Crippen LogP contribution in [0.1, 0.15) is 32.4 Å². The Labute approximate surface area is 61.1 Å². The molecule has 3 heteroatoms. The predicted molar refractivity (Wildman–Crippen MR) is 39.8 cm³/mol. The van der Waals surface area contributed by atoms with E-state index in [-0.39, 0.29) is 0 Å². The molecule has 0 aliphatic heterocycles. The highest BCUT2D eigenvalue weighted by molar-refractivity contribution is 4.96. The average Bonchev–Trinajstić information content (AvgIpc) is 2.34. The van der Waals surface area contributed by atoms with Gasteiger partial charge in [0.05, 0.1) is 18.4 Å². The Morgan fingerprint density at radius 3 is 2.60 bits per heavy atom. The monoisotopic (exact) mass is 139 g/mol. The molecule has 0 unspecified atom stereocenters. The van der Waals surface area contributed by atoms with E-state index in [2.05, 4.69) is 24.0 Å². The van der Waals surface area contributed by atoms with Crippen molar-refractivity contribution >= 4 is 0 Å². The second-order valence-electron chi connectivity index (χ2n) is 2.61. The van der Waals surface area contributed by atoms with Crippen molar-refractivity contribution in [3.05, 3.63) is 11.9 Å². The number of hydrogen-bond acceptors (Lipinski definition) is 2. The van der Waals surface area contributed by atoms with Crippen molar-refractivity contribution in [3.8, 4) is 0 Å². The summed E-state index contributed by atoms with van der Waals surface area (Å²) in [5, 5.41) is 8.30. The molecule has 0 spiro atoms. The zero-order chi connectivity index (χ0) is 7.56. The van der Waals surface area contributed by atoms with E-state index in [0.717, 1.165) is 12.2 Å². The highest BCUT2D eigenvalue weighted by atomic mass is 15.5. The first-order chi connectivity index (χ1) is 4.74. The average molecular weight is 139 g/mol. The van der Waals surface area contributed by atoms with Crippen LogP contribution in [-0.4, -0.2) is 15.0 Å². The second-order valence-corrected chi connectivity index (χ2v) is 2.61. The first kappa shape index (κ1) is 7.25. The maximum atomic E-state index is 4.23. The third kappa shape index (κ3) is 1.35. The summed E-state index contributed by atoms with van der Waals surface area (Å²) in [5.74, 6) is 0.486. The molecule has 0 aliphatic rings. The first-order valence-electron chi connectivity index (χ1n) is 3.64. The van der Waals surface area contributed by atoms with Crippen LogP contribution in [0, 0.1) is 0 Å². The molecule has 0 radical (unpaired) electrons. The lowest BCUT2D eigenvalue weighted by Crippen LogP contribution is -1.99. The highest BCUT2D eigenvalue weighted by Gasteiger charge is 2.02. The lowest BCUT2D eigenvalue weighted by Gasteiger charge is -1.95. The molecule has 0 aliphatic carbocycles. The minimum atomic E-state index is 0.486. The maximum absolute atomic E-state index is 4.23. The SMILES string of the molecule is CCn1ncc(C(C)C)n1. The lowest BCUT2D eigenvalue weighted by molar-refractivity contribution is 0.560. The minimum Gasteiger partial charge on any atom is -0.185 e. The molecule has 56 valence electrons. The molecule has 0 bridgehead atoms. The molecule has 3 nitrogen and oxygen atoms in total. The van der Waals surface area contributed by atoms with E-state index in [1.54, 1.807) is 4.80 Å². The van der Waals surface area contributed by atoms with E-state index in [1.807, 2.05) is 13.1 Å². The Kier molecular flexibility index (Phi) is 2.04. The van der Waals surface area contributed by atoms with Gasteiger partial charge >= 0.3 is 0 Å². The second kappa shape index (κ2) is 2.82. The van der Waals surface area contributed by atoms with Crippen molar-refractivity contribution in [3.63, 3.8) is 0 Å². The molecule has 0 saturated carbocycles. The van der Waals surface area contributed by atoms with Gasteiger partial charge in [0.25, 0.3) is 0 Å². The van der Waals surface area contributed by atoms with E-state index >= 15 is 0 Å². The molecule has 0 saturated heterocycles. The number of aromatic nitrogens is 3. The zero-order valence-corrected chi connectivity index (χ0v) is 6.70. The van der Waals surface area contributed by atoms with Gasteiger partial charge in [0, 0.05) is 0 Å². The van der Waals surface area contributed by atoms with Gasteiger partial charge in [-0.1, -0.05) is 13.8 Å². The zero-order valence-electron chi connectivity index (χ0n) is 6.70. The molecule has 1 aromatic heterocycles. The fraction of sp³-hybridized carbons (Fsp3) is 0.714. The van der Waals surface area contributed by atoms with Crippen molar-refractivity contribution < 1.29 is 0 Å². The van der Waals surface area contributed by atoms with Crippen LogP contribution in [0.25, 0.3) is 0 Å². The molecule has 10 heavy (non-hydrogen) atoms. The van der Waals surface area contributed by atoms with Gasteiger partial charge in [0.15, 0.2) is 0 Å². The Morgan fingerprint density at radius 2 is 2.30 bits per heavy atom. The topological polar surface area (TPSA) is 30.7 Å². The Morgan fingerprint density at radius 1 is 1.60 bits per heavy atom. The summed E-state index contributed by atoms with van der Waals surface area (Å²) in [7, 11) is 0. The smallest absolute Gasteiger partial charge is 0.0852 e. The summed E-state index contributed by atoms with van der Waals surface area (Å²) in [6.45, 7) is 7.12. The van der Waals surface area contributed by atoms with E-state index in [0.29, 0.717) is 5.92 Å². The van der Waals surface area contributed by atoms with Gasteiger partial charge in [-0.25, -0.2) is 0 Å². The van der Waals surface area contributed by atoms with Crippen LogP contribution < -0.4 is 0 Å². The lowest BCUT2D eigenvalue weighted by atomic mass is 10.2. The van der Waals surface area contributed by atoms with Crippen molar-refractivity contribution in [1.29, 1.82) is 0 Å². The van der Waals surface area contributed by atoms with Gasteiger partial charge in [-0.05, 0) is 12.8 Å². The fourth-order valence-electron chi connectivity index (χ4n) is 0.728. The summed E-state index contributed by atoms with van der Waals surface area (Å²) in [4.78, 5) is 1.70. The van der Waals surface area contributed by atoms with E-state index in [1.165, 1.54) is 0 Å². The van der Waals surface area contributed by atoms with Crippen molar-refractivity contribution in [2.24, 2.45) is 0 Å². The largest absolute Gasteiger partial charge is 0.185 e. The van der Waals surface area contributed by atoms with Crippen LogP contribution >= 0.6 is 0 Å². The molecule has 1 aromatic rings. The highest BCUT2D eigenvalue weighted by Crippen LogP contribution is 2.07. The third-order valence-corrected chi connectivity index (χ3v) is 1.43. The summed E-state index contributed by atoms with van der Waals surface area (Å²) in [6.07, 6.45) is 1.83. The Bertz CT molecular complexity index is 202. The normalized spacial score (nSPS) is 10.8. The van der Waals surface area contributed by atoms with Gasteiger partial charge in [-0.3, -0.25) is 0 Å². The van der Waals surface area contributed by atoms with Gasteiger partial charge in [-0.2, -0.15) is 15.0 Å². The van der Waals surface area contributed by atoms with E-state index in [4.69, 9.17) is 0 Å². The summed E-state index contributed by atoms with van der Waals surface area (Å²) >= 11 is 0. The Balaban J connectivity index is 2.78. The quantitative estimate of drug-likeness (QED) is 0.620. The number of hydrogen-bond donors (Lipinski definition) is 0. The van der Waals surface area contributed by atoms with Crippen LogP contribution in [0.3, 0.4) is 0 Å². The molecule has 0 N–H and O–H groups in total. The summed E-state index contributed by atoms with van der Waals surface area (Å²) in [5.41, 5.74) is 1.07. The minimum absolute atomic E-state index is 0.486. The van der Waals surface area contributed by atoms with Crippen LogP contribution in [0.2, 0.25) is 0 Å². The van der Waals surface area contributed by atoms with Gasteiger partial charge in [0.2, 0.25) is 0 Å². The molecule has 0 amide bonds. The molecule has 1 heterocycles. The molecule has 0 aromatic carbocycles. The molecule has 0 atom stereocenters. The van der Waals surface area contributed by atoms with Gasteiger partial charge in [0.1, 0.15) is 0 Å². The first-order valence-corrected chi connectivity index (χ1v) is 3.64. The maximum Gasteiger partial charge on any atom is 0.0852 e. The molecular formula is C7H13N3. The van der Waals surface area contributed by atoms with Gasteiger partial charge in [-0.15, -0.1) is 0 Å². The van der Waals surface area contributed by atoms with Crippen molar-refractivity contribution in [2.45, 2.75) is 33.2 Å².